The third-order valence-electron chi connectivity index (χ3n) is 2.34. The summed E-state index contributed by atoms with van der Waals surface area (Å²) in [5.74, 6) is 0.587. The molecule has 0 unspecified atom stereocenters. The molecule has 0 atom stereocenters. The second-order valence-corrected chi connectivity index (χ2v) is 3.45. The second-order valence-electron chi connectivity index (χ2n) is 3.45. The minimum absolute atomic E-state index is 0.0798. The summed E-state index contributed by atoms with van der Waals surface area (Å²) in [5, 5.41) is 11.6. The summed E-state index contributed by atoms with van der Waals surface area (Å²) in [6.07, 6.45) is 1.43. The van der Waals surface area contributed by atoms with Gasteiger partial charge < -0.3 is 15.2 Å². The lowest BCUT2D eigenvalue weighted by atomic mass is 10.1. The normalized spacial score (nSPS) is 14.1. The van der Waals surface area contributed by atoms with Gasteiger partial charge in [0.25, 0.3) is 5.91 Å². The van der Waals surface area contributed by atoms with E-state index < -0.39 is 0 Å². The number of para-hydroxylation sites is 1. The molecule has 2 N–H and O–H groups in total. The van der Waals surface area contributed by atoms with Gasteiger partial charge in [0.1, 0.15) is 5.75 Å². The van der Waals surface area contributed by atoms with Gasteiger partial charge in [0.15, 0.2) is 6.61 Å². The van der Waals surface area contributed by atoms with Crippen molar-refractivity contribution in [3.63, 3.8) is 0 Å². The van der Waals surface area contributed by atoms with Crippen molar-refractivity contribution in [2.75, 3.05) is 18.5 Å². The van der Waals surface area contributed by atoms with E-state index in [0.717, 1.165) is 17.7 Å². The number of amides is 1. The zero-order valence-corrected chi connectivity index (χ0v) is 8.32. The van der Waals surface area contributed by atoms with Crippen LogP contribution < -0.4 is 10.1 Å². The Morgan fingerprint density at radius 1 is 1.47 bits per heavy atom. The predicted molar refractivity (Wildman–Crippen MR) is 56.0 cm³/mol. The molecule has 1 aliphatic rings. The maximum Gasteiger partial charge on any atom is 0.262 e. The van der Waals surface area contributed by atoms with Crippen molar-refractivity contribution in [3.8, 4) is 5.75 Å². The van der Waals surface area contributed by atoms with Crippen LogP contribution in [0.15, 0.2) is 18.2 Å². The van der Waals surface area contributed by atoms with Gasteiger partial charge in [0, 0.05) is 6.61 Å². The first-order chi connectivity index (χ1) is 7.31. The van der Waals surface area contributed by atoms with Gasteiger partial charge in [-0.2, -0.15) is 0 Å². The van der Waals surface area contributed by atoms with E-state index in [-0.39, 0.29) is 19.1 Å². The molecule has 0 radical (unpaired) electrons. The van der Waals surface area contributed by atoms with Crippen molar-refractivity contribution in [1.82, 2.24) is 0 Å². The van der Waals surface area contributed by atoms with E-state index in [9.17, 15) is 4.79 Å². The number of aryl methyl sites for hydroxylation is 1. The fourth-order valence-electron chi connectivity index (χ4n) is 1.64. The molecular weight excluding hydrogens is 194 g/mol. The highest BCUT2D eigenvalue weighted by molar-refractivity contribution is 5.96. The van der Waals surface area contributed by atoms with Crippen LogP contribution in [0.1, 0.15) is 12.0 Å². The number of hydrogen-bond acceptors (Lipinski definition) is 3. The lowest BCUT2D eigenvalue weighted by Crippen LogP contribution is -2.26. The van der Waals surface area contributed by atoms with E-state index in [1.54, 1.807) is 0 Å². The Bertz CT molecular complexity index is 376. The third-order valence-corrected chi connectivity index (χ3v) is 2.34. The highest BCUT2D eigenvalue weighted by atomic mass is 16.5. The number of carbonyl (C=O) groups excluding carboxylic acids is 1. The van der Waals surface area contributed by atoms with Crippen molar-refractivity contribution < 1.29 is 14.6 Å². The number of carbonyl (C=O) groups is 1. The molecule has 1 heterocycles. The molecule has 0 fully saturated rings. The first kappa shape index (κ1) is 9.98. The van der Waals surface area contributed by atoms with Crippen molar-refractivity contribution in [2.24, 2.45) is 0 Å². The topological polar surface area (TPSA) is 58.6 Å². The number of aliphatic hydroxyl groups excluding tert-OH is 1. The molecule has 0 aromatic heterocycles. The van der Waals surface area contributed by atoms with Gasteiger partial charge in [-0.25, -0.2) is 0 Å². The first-order valence-corrected chi connectivity index (χ1v) is 4.96. The minimum atomic E-state index is -0.126. The lowest BCUT2D eigenvalue weighted by Gasteiger charge is -2.20. The van der Waals surface area contributed by atoms with Crippen molar-refractivity contribution in [1.29, 1.82) is 0 Å². The summed E-state index contributed by atoms with van der Waals surface area (Å²) in [6.45, 7) is 0.231. The number of nitrogens with one attached hydrogen (secondary N) is 1. The Morgan fingerprint density at radius 3 is 3.13 bits per heavy atom. The molecule has 0 saturated carbocycles. The fraction of sp³-hybridized carbons (Fsp3) is 0.364. The molecule has 80 valence electrons. The van der Waals surface area contributed by atoms with Gasteiger partial charge >= 0.3 is 0 Å². The SMILES string of the molecule is O=C1COc2cccc(CCCO)c2N1. The van der Waals surface area contributed by atoms with Crippen LogP contribution in [0.4, 0.5) is 5.69 Å². The van der Waals surface area contributed by atoms with Crippen molar-refractivity contribution in [3.05, 3.63) is 23.8 Å². The third kappa shape index (κ3) is 2.10. The molecule has 2 rings (SSSR count). The molecule has 1 aromatic rings. The van der Waals surface area contributed by atoms with Crippen LogP contribution in [-0.2, 0) is 11.2 Å². The summed E-state index contributed by atoms with van der Waals surface area (Å²) in [4.78, 5) is 11.2. The summed E-state index contributed by atoms with van der Waals surface area (Å²) in [6, 6.07) is 5.66. The van der Waals surface area contributed by atoms with Gasteiger partial charge in [-0.1, -0.05) is 12.1 Å². The number of aliphatic hydroxyl groups is 1. The standard InChI is InChI=1S/C11H13NO3/c13-6-2-4-8-3-1-5-9-11(8)12-10(14)7-15-9/h1,3,5,13H,2,4,6-7H2,(H,12,14). The molecule has 0 bridgehead atoms. The number of rotatable bonds is 3. The van der Waals surface area contributed by atoms with Crippen molar-refractivity contribution in [2.45, 2.75) is 12.8 Å². The summed E-state index contributed by atoms with van der Waals surface area (Å²) in [7, 11) is 0. The largest absolute Gasteiger partial charge is 0.482 e. The maximum atomic E-state index is 11.2. The monoisotopic (exact) mass is 207 g/mol. The van der Waals surface area contributed by atoms with E-state index >= 15 is 0 Å². The van der Waals surface area contributed by atoms with Crippen LogP contribution in [0.5, 0.6) is 5.75 Å². The minimum Gasteiger partial charge on any atom is -0.482 e. The molecule has 0 saturated heterocycles. The Balaban J connectivity index is 2.27. The zero-order valence-electron chi connectivity index (χ0n) is 8.32. The average Bonchev–Trinajstić information content (AvgIpc) is 2.26. The molecule has 4 heteroatoms. The number of hydrogen-bond donors (Lipinski definition) is 2. The second kappa shape index (κ2) is 4.31. The van der Waals surface area contributed by atoms with E-state index in [1.165, 1.54) is 0 Å². The quantitative estimate of drug-likeness (QED) is 0.775. The smallest absolute Gasteiger partial charge is 0.262 e. The summed E-state index contributed by atoms with van der Waals surface area (Å²) < 4.78 is 5.28. The highest BCUT2D eigenvalue weighted by Gasteiger charge is 2.18. The van der Waals surface area contributed by atoms with E-state index in [2.05, 4.69) is 5.32 Å². The molecule has 4 nitrogen and oxygen atoms in total. The van der Waals surface area contributed by atoms with E-state index in [1.807, 2.05) is 18.2 Å². The molecular formula is C11H13NO3. The summed E-state index contributed by atoms with van der Waals surface area (Å²) in [5.41, 5.74) is 1.76. The average molecular weight is 207 g/mol. The molecule has 1 aliphatic heterocycles. The zero-order chi connectivity index (χ0) is 10.7. The van der Waals surface area contributed by atoms with Crippen LogP contribution in [-0.4, -0.2) is 24.2 Å². The van der Waals surface area contributed by atoms with Crippen molar-refractivity contribution >= 4 is 11.6 Å². The molecule has 1 aromatic carbocycles. The summed E-state index contributed by atoms with van der Waals surface area (Å²) >= 11 is 0. The first-order valence-electron chi connectivity index (χ1n) is 4.96. The number of ether oxygens (including phenoxy) is 1. The number of benzene rings is 1. The fourth-order valence-corrected chi connectivity index (χ4v) is 1.64. The van der Waals surface area contributed by atoms with Gasteiger partial charge in [0.2, 0.25) is 0 Å². The van der Waals surface area contributed by atoms with Gasteiger partial charge in [-0.05, 0) is 24.5 Å². The Morgan fingerprint density at radius 2 is 2.33 bits per heavy atom. The molecule has 0 aliphatic carbocycles. The van der Waals surface area contributed by atoms with Crippen LogP contribution >= 0.6 is 0 Å². The van der Waals surface area contributed by atoms with Crippen LogP contribution in [0.25, 0.3) is 0 Å². The van der Waals surface area contributed by atoms with Crippen LogP contribution in [0.3, 0.4) is 0 Å². The number of anilines is 1. The van der Waals surface area contributed by atoms with Crippen LogP contribution in [0, 0.1) is 0 Å². The molecule has 15 heavy (non-hydrogen) atoms. The highest BCUT2D eigenvalue weighted by Crippen LogP contribution is 2.31. The Hall–Kier alpha value is -1.55. The predicted octanol–water partition coefficient (Wildman–Crippen LogP) is 0.942. The van der Waals surface area contributed by atoms with Crippen LogP contribution in [0.2, 0.25) is 0 Å². The Kier molecular flexibility index (Phi) is 2.87. The Labute approximate surface area is 87.9 Å². The van der Waals surface area contributed by atoms with Gasteiger partial charge in [-0.15, -0.1) is 0 Å². The van der Waals surface area contributed by atoms with Gasteiger partial charge in [-0.3, -0.25) is 4.79 Å². The van der Waals surface area contributed by atoms with Gasteiger partial charge in [0.05, 0.1) is 5.69 Å². The maximum absolute atomic E-state index is 11.2. The molecule has 0 spiro atoms. The van der Waals surface area contributed by atoms with E-state index in [4.69, 9.17) is 9.84 Å². The van der Waals surface area contributed by atoms with E-state index in [0.29, 0.717) is 12.2 Å². The molecule has 1 amide bonds. The number of fused-ring (bicyclic) bond motifs is 1. The lowest BCUT2D eigenvalue weighted by molar-refractivity contribution is -0.118.